The number of nitrogens with two attached hydrogens (primary N) is 1. The van der Waals surface area contributed by atoms with Crippen LogP contribution in [0.3, 0.4) is 0 Å². The summed E-state index contributed by atoms with van der Waals surface area (Å²) in [6.45, 7) is 11.7. The first-order valence-corrected chi connectivity index (χ1v) is 6.55. The summed E-state index contributed by atoms with van der Waals surface area (Å²) in [6.07, 6.45) is 2.42. The summed E-state index contributed by atoms with van der Waals surface area (Å²) in [5, 5.41) is 3.55. The molecule has 0 bridgehead atoms. The van der Waals surface area contributed by atoms with E-state index in [2.05, 4.69) is 26.1 Å². The van der Waals surface area contributed by atoms with Crippen molar-refractivity contribution in [1.82, 2.24) is 5.32 Å². The average Bonchev–Trinajstić information content (AvgIpc) is 2.30. The fourth-order valence-corrected chi connectivity index (χ4v) is 2.35. The van der Waals surface area contributed by atoms with Gasteiger partial charge in [0.1, 0.15) is 0 Å². The largest absolute Gasteiger partial charge is 0.381 e. The van der Waals surface area contributed by atoms with Gasteiger partial charge >= 0.3 is 0 Å². The highest BCUT2D eigenvalue weighted by Gasteiger charge is 2.30. The van der Waals surface area contributed by atoms with Crippen LogP contribution in [0.25, 0.3) is 0 Å². The lowest BCUT2D eigenvalue weighted by atomic mass is 9.74. The van der Waals surface area contributed by atoms with Crippen LogP contribution >= 0.6 is 0 Å². The zero-order chi connectivity index (χ0) is 12.0. The zero-order valence-corrected chi connectivity index (χ0v) is 11.1. The molecule has 0 radical (unpaired) electrons. The highest BCUT2D eigenvalue weighted by Crippen LogP contribution is 2.33. The van der Waals surface area contributed by atoms with Gasteiger partial charge in [-0.3, -0.25) is 0 Å². The van der Waals surface area contributed by atoms with Crippen molar-refractivity contribution in [2.24, 2.45) is 23.0 Å². The zero-order valence-electron chi connectivity index (χ0n) is 11.1. The molecule has 1 rings (SSSR count). The third-order valence-electron chi connectivity index (χ3n) is 3.80. The van der Waals surface area contributed by atoms with Crippen molar-refractivity contribution in [1.29, 1.82) is 0 Å². The van der Waals surface area contributed by atoms with Crippen LogP contribution in [0.4, 0.5) is 0 Å². The second-order valence-electron chi connectivity index (χ2n) is 5.85. The predicted molar refractivity (Wildman–Crippen MR) is 68.4 cm³/mol. The quantitative estimate of drug-likeness (QED) is 0.726. The Morgan fingerprint density at radius 2 is 2.00 bits per heavy atom. The maximum Gasteiger partial charge on any atom is 0.0468 e. The highest BCUT2D eigenvalue weighted by atomic mass is 16.5. The van der Waals surface area contributed by atoms with E-state index in [9.17, 15) is 0 Å². The molecule has 0 aromatic carbocycles. The lowest BCUT2D eigenvalue weighted by Crippen LogP contribution is -2.40. The minimum Gasteiger partial charge on any atom is -0.381 e. The summed E-state index contributed by atoms with van der Waals surface area (Å²) in [5.41, 5.74) is 5.98. The van der Waals surface area contributed by atoms with Crippen LogP contribution in [0.5, 0.6) is 0 Å². The first-order chi connectivity index (χ1) is 7.56. The van der Waals surface area contributed by atoms with Gasteiger partial charge in [0.2, 0.25) is 0 Å². The lowest BCUT2D eigenvalue weighted by Gasteiger charge is -2.37. The molecule has 0 amide bonds. The van der Waals surface area contributed by atoms with Crippen LogP contribution in [0.1, 0.15) is 33.6 Å². The van der Waals surface area contributed by atoms with Gasteiger partial charge in [0.25, 0.3) is 0 Å². The molecule has 0 aromatic heterocycles. The van der Waals surface area contributed by atoms with Crippen molar-refractivity contribution < 1.29 is 4.74 Å². The Morgan fingerprint density at radius 1 is 1.38 bits per heavy atom. The molecule has 1 saturated heterocycles. The number of rotatable bonds is 6. The van der Waals surface area contributed by atoms with Crippen LogP contribution in [-0.2, 0) is 4.74 Å². The summed E-state index contributed by atoms with van der Waals surface area (Å²) in [7, 11) is 0. The van der Waals surface area contributed by atoms with Gasteiger partial charge in [-0.25, -0.2) is 0 Å². The number of hydrogen-bond donors (Lipinski definition) is 2. The third-order valence-corrected chi connectivity index (χ3v) is 3.80. The predicted octanol–water partition coefficient (Wildman–Crippen LogP) is 1.62. The normalized spacial score (nSPS) is 21.0. The molecular formula is C13H28N2O. The summed E-state index contributed by atoms with van der Waals surface area (Å²) < 4.78 is 5.42. The Morgan fingerprint density at radius 3 is 2.56 bits per heavy atom. The van der Waals surface area contributed by atoms with E-state index >= 15 is 0 Å². The molecule has 3 nitrogen and oxygen atoms in total. The molecule has 0 saturated carbocycles. The molecule has 3 heteroatoms. The minimum atomic E-state index is 0.373. The average molecular weight is 228 g/mol. The molecule has 1 unspecified atom stereocenters. The van der Waals surface area contributed by atoms with Crippen molar-refractivity contribution in [3.8, 4) is 0 Å². The Hall–Kier alpha value is -0.120. The maximum atomic E-state index is 5.61. The van der Waals surface area contributed by atoms with Gasteiger partial charge in [0.05, 0.1) is 0 Å². The SMILES string of the molecule is CC(CN)CNCC(C)(C)C1CCOCC1. The molecule has 1 heterocycles. The van der Waals surface area contributed by atoms with Gasteiger partial charge in [0, 0.05) is 19.8 Å². The van der Waals surface area contributed by atoms with Crippen molar-refractivity contribution >= 4 is 0 Å². The van der Waals surface area contributed by atoms with E-state index in [0.717, 1.165) is 38.8 Å². The Bertz CT molecular complexity index is 188. The van der Waals surface area contributed by atoms with Crippen LogP contribution in [0, 0.1) is 17.3 Å². The smallest absolute Gasteiger partial charge is 0.0468 e. The molecule has 3 N–H and O–H groups in total. The van der Waals surface area contributed by atoms with E-state index in [0.29, 0.717) is 11.3 Å². The van der Waals surface area contributed by atoms with E-state index < -0.39 is 0 Å². The van der Waals surface area contributed by atoms with E-state index in [-0.39, 0.29) is 0 Å². The van der Waals surface area contributed by atoms with E-state index in [4.69, 9.17) is 10.5 Å². The fraction of sp³-hybridized carbons (Fsp3) is 1.00. The molecule has 0 aromatic rings. The van der Waals surface area contributed by atoms with Crippen molar-refractivity contribution in [2.45, 2.75) is 33.6 Å². The van der Waals surface area contributed by atoms with Crippen LogP contribution < -0.4 is 11.1 Å². The van der Waals surface area contributed by atoms with Crippen LogP contribution in [0.15, 0.2) is 0 Å². The molecular weight excluding hydrogens is 200 g/mol. The van der Waals surface area contributed by atoms with Crippen molar-refractivity contribution in [2.75, 3.05) is 32.8 Å². The summed E-state index contributed by atoms with van der Waals surface area (Å²) >= 11 is 0. The van der Waals surface area contributed by atoms with Crippen molar-refractivity contribution in [3.63, 3.8) is 0 Å². The van der Waals surface area contributed by atoms with Crippen LogP contribution in [0.2, 0.25) is 0 Å². The van der Waals surface area contributed by atoms with Gasteiger partial charge in [-0.15, -0.1) is 0 Å². The standard InChI is InChI=1S/C13H28N2O/c1-11(8-14)9-15-10-13(2,3)12-4-6-16-7-5-12/h11-12,15H,4-10,14H2,1-3H3. The fourth-order valence-electron chi connectivity index (χ4n) is 2.35. The monoisotopic (exact) mass is 228 g/mol. The summed E-state index contributed by atoms with van der Waals surface area (Å²) in [5.74, 6) is 1.37. The van der Waals surface area contributed by atoms with E-state index in [1.54, 1.807) is 0 Å². The van der Waals surface area contributed by atoms with Gasteiger partial charge in [0.15, 0.2) is 0 Å². The third kappa shape index (κ3) is 4.40. The molecule has 1 aliphatic heterocycles. The molecule has 0 spiro atoms. The van der Waals surface area contributed by atoms with Gasteiger partial charge < -0.3 is 15.8 Å². The van der Waals surface area contributed by atoms with Crippen LogP contribution in [-0.4, -0.2) is 32.8 Å². The summed E-state index contributed by atoms with van der Waals surface area (Å²) in [6, 6.07) is 0. The molecule has 96 valence electrons. The number of ether oxygens (including phenoxy) is 1. The lowest BCUT2D eigenvalue weighted by molar-refractivity contribution is 0.0226. The van der Waals surface area contributed by atoms with Gasteiger partial charge in [-0.2, -0.15) is 0 Å². The minimum absolute atomic E-state index is 0.373. The van der Waals surface area contributed by atoms with Gasteiger partial charge in [-0.05, 0) is 43.2 Å². The maximum absolute atomic E-state index is 5.61. The summed E-state index contributed by atoms with van der Waals surface area (Å²) in [4.78, 5) is 0. The highest BCUT2D eigenvalue weighted by molar-refractivity contribution is 4.82. The first kappa shape index (κ1) is 13.9. The van der Waals surface area contributed by atoms with E-state index in [1.165, 1.54) is 12.8 Å². The molecule has 1 aliphatic rings. The van der Waals surface area contributed by atoms with Gasteiger partial charge in [-0.1, -0.05) is 20.8 Å². The molecule has 1 fully saturated rings. The first-order valence-electron chi connectivity index (χ1n) is 6.55. The molecule has 0 aliphatic carbocycles. The topological polar surface area (TPSA) is 47.3 Å². The molecule has 1 atom stereocenters. The number of hydrogen-bond acceptors (Lipinski definition) is 3. The Kier molecular flexibility index (Phi) is 5.73. The Labute approximate surface area is 100 Å². The number of nitrogens with one attached hydrogen (secondary N) is 1. The Balaban J connectivity index is 2.26. The second kappa shape index (κ2) is 6.58. The van der Waals surface area contributed by atoms with Crippen molar-refractivity contribution in [3.05, 3.63) is 0 Å². The molecule has 16 heavy (non-hydrogen) atoms. The second-order valence-corrected chi connectivity index (χ2v) is 5.85. The van der Waals surface area contributed by atoms with E-state index in [1.807, 2.05) is 0 Å².